The summed E-state index contributed by atoms with van der Waals surface area (Å²) in [5, 5.41) is 2.68. The summed E-state index contributed by atoms with van der Waals surface area (Å²) < 4.78 is 10.4. The molecule has 1 rings (SSSR count). The van der Waals surface area contributed by atoms with Gasteiger partial charge in [-0.1, -0.05) is 18.7 Å². The summed E-state index contributed by atoms with van der Waals surface area (Å²) in [5.74, 6) is 0.651. The smallest absolute Gasteiger partial charge is 0.412 e. The standard InChI is InChI=1S/C14H19NO3/c1-6-10-11(8-7-9-12(10)17-5)15-13(16)18-14(2,3)4/h6-9H,1H2,2-5H3,(H,15,16). The van der Waals surface area contributed by atoms with E-state index in [2.05, 4.69) is 11.9 Å². The maximum absolute atomic E-state index is 11.7. The van der Waals surface area contributed by atoms with Crippen molar-refractivity contribution in [1.82, 2.24) is 0 Å². The first kappa shape index (κ1) is 14.1. The molecule has 0 aliphatic carbocycles. The van der Waals surface area contributed by atoms with E-state index < -0.39 is 11.7 Å². The van der Waals surface area contributed by atoms with Crippen molar-refractivity contribution in [2.24, 2.45) is 0 Å². The molecule has 0 saturated heterocycles. The Morgan fingerprint density at radius 3 is 2.56 bits per heavy atom. The molecule has 4 heteroatoms. The molecule has 0 aliphatic rings. The lowest BCUT2D eigenvalue weighted by atomic mass is 10.1. The monoisotopic (exact) mass is 249 g/mol. The summed E-state index contributed by atoms with van der Waals surface area (Å²) in [7, 11) is 1.57. The molecule has 98 valence electrons. The lowest BCUT2D eigenvalue weighted by molar-refractivity contribution is 0.0636. The molecule has 0 atom stereocenters. The van der Waals surface area contributed by atoms with Crippen molar-refractivity contribution in [3.8, 4) is 5.75 Å². The van der Waals surface area contributed by atoms with Crippen LogP contribution in [-0.4, -0.2) is 18.8 Å². The predicted molar refractivity (Wildman–Crippen MR) is 72.9 cm³/mol. The minimum absolute atomic E-state index is 0.501. The van der Waals surface area contributed by atoms with Gasteiger partial charge in [-0.3, -0.25) is 5.32 Å². The summed E-state index contributed by atoms with van der Waals surface area (Å²) in [6.45, 7) is 9.15. The van der Waals surface area contributed by atoms with Crippen LogP contribution in [0.4, 0.5) is 10.5 Å². The first-order valence-electron chi connectivity index (χ1n) is 5.67. The van der Waals surface area contributed by atoms with Gasteiger partial charge in [0.25, 0.3) is 0 Å². The van der Waals surface area contributed by atoms with Gasteiger partial charge in [0.1, 0.15) is 11.4 Å². The van der Waals surface area contributed by atoms with Gasteiger partial charge in [0.2, 0.25) is 0 Å². The first-order chi connectivity index (χ1) is 8.37. The summed E-state index contributed by atoms with van der Waals surface area (Å²) in [6, 6.07) is 5.36. The second-order valence-electron chi connectivity index (χ2n) is 4.75. The average Bonchev–Trinajstić information content (AvgIpc) is 2.25. The maximum Gasteiger partial charge on any atom is 0.412 e. The molecule has 1 aromatic rings. The number of anilines is 1. The number of carbonyl (C=O) groups is 1. The average molecular weight is 249 g/mol. The molecule has 0 heterocycles. The number of rotatable bonds is 3. The van der Waals surface area contributed by atoms with E-state index in [-0.39, 0.29) is 0 Å². The number of carbonyl (C=O) groups excluding carboxylic acids is 1. The van der Waals surface area contributed by atoms with Crippen molar-refractivity contribution < 1.29 is 14.3 Å². The normalized spacial score (nSPS) is 10.7. The molecule has 0 radical (unpaired) electrons. The van der Waals surface area contributed by atoms with Crippen molar-refractivity contribution >= 4 is 17.9 Å². The summed E-state index contributed by atoms with van der Waals surface area (Å²) >= 11 is 0. The predicted octanol–water partition coefficient (Wildman–Crippen LogP) is 3.69. The Hall–Kier alpha value is -1.97. The lowest BCUT2D eigenvalue weighted by Gasteiger charge is -2.20. The number of ether oxygens (including phenoxy) is 2. The third-order valence-electron chi connectivity index (χ3n) is 2.13. The summed E-state index contributed by atoms with van der Waals surface area (Å²) in [5.41, 5.74) is 0.807. The van der Waals surface area contributed by atoms with Gasteiger partial charge in [0.15, 0.2) is 0 Å². The van der Waals surface area contributed by atoms with Crippen molar-refractivity contribution in [3.05, 3.63) is 30.3 Å². The molecular formula is C14H19NO3. The molecular weight excluding hydrogens is 230 g/mol. The molecule has 0 saturated carbocycles. The highest BCUT2D eigenvalue weighted by Gasteiger charge is 2.17. The Morgan fingerprint density at radius 2 is 2.06 bits per heavy atom. The Labute approximate surface area is 108 Å². The molecule has 1 amide bonds. The topological polar surface area (TPSA) is 47.6 Å². The largest absolute Gasteiger partial charge is 0.496 e. The van der Waals surface area contributed by atoms with E-state index in [1.54, 1.807) is 31.4 Å². The van der Waals surface area contributed by atoms with Crippen LogP contribution in [0.2, 0.25) is 0 Å². The van der Waals surface area contributed by atoms with Crippen LogP contribution in [0.15, 0.2) is 24.8 Å². The third-order valence-corrected chi connectivity index (χ3v) is 2.13. The van der Waals surface area contributed by atoms with Gasteiger partial charge in [-0.25, -0.2) is 4.79 Å². The van der Waals surface area contributed by atoms with Crippen LogP contribution in [0.25, 0.3) is 6.08 Å². The van der Waals surface area contributed by atoms with Gasteiger partial charge in [-0.2, -0.15) is 0 Å². The van der Waals surface area contributed by atoms with E-state index in [9.17, 15) is 4.79 Å². The lowest BCUT2D eigenvalue weighted by Crippen LogP contribution is -2.27. The van der Waals surface area contributed by atoms with Gasteiger partial charge in [-0.05, 0) is 32.9 Å². The van der Waals surface area contributed by atoms with E-state index in [4.69, 9.17) is 9.47 Å². The number of hydrogen-bond donors (Lipinski definition) is 1. The minimum Gasteiger partial charge on any atom is -0.496 e. The Morgan fingerprint density at radius 1 is 1.39 bits per heavy atom. The number of amides is 1. The molecule has 0 aromatic heterocycles. The molecule has 0 unspecified atom stereocenters. The fourth-order valence-corrected chi connectivity index (χ4v) is 1.46. The second kappa shape index (κ2) is 5.58. The SMILES string of the molecule is C=Cc1c(NC(=O)OC(C)(C)C)cccc1OC. The zero-order chi connectivity index (χ0) is 13.8. The van der Waals surface area contributed by atoms with Crippen LogP contribution in [0.3, 0.4) is 0 Å². The Kier molecular flexibility index (Phi) is 4.37. The summed E-state index contributed by atoms with van der Waals surface area (Å²) in [6.07, 6.45) is 1.13. The van der Waals surface area contributed by atoms with E-state index in [0.717, 1.165) is 5.56 Å². The number of benzene rings is 1. The molecule has 0 bridgehead atoms. The van der Waals surface area contributed by atoms with Crippen LogP contribution in [0, 0.1) is 0 Å². The zero-order valence-corrected chi connectivity index (χ0v) is 11.2. The van der Waals surface area contributed by atoms with Crippen molar-refractivity contribution in [2.45, 2.75) is 26.4 Å². The molecule has 0 spiro atoms. The van der Waals surface area contributed by atoms with Gasteiger partial charge in [-0.15, -0.1) is 0 Å². The van der Waals surface area contributed by atoms with Crippen LogP contribution in [0.1, 0.15) is 26.3 Å². The molecule has 4 nitrogen and oxygen atoms in total. The highest BCUT2D eigenvalue weighted by Crippen LogP contribution is 2.27. The molecule has 18 heavy (non-hydrogen) atoms. The van der Waals surface area contributed by atoms with Crippen LogP contribution in [-0.2, 0) is 4.74 Å². The Balaban J connectivity index is 2.91. The van der Waals surface area contributed by atoms with Crippen LogP contribution < -0.4 is 10.1 Å². The number of hydrogen-bond acceptors (Lipinski definition) is 3. The number of methoxy groups -OCH3 is 1. The minimum atomic E-state index is -0.530. The fourth-order valence-electron chi connectivity index (χ4n) is 1.46. The number of nitrogens with one attached hydrogen (secondary N) is 1. The third kappa shape index (κ3) is 3.80. The zero-order valence-electron chi connectivity index (χ0n) is 11.2. The van der Waals surface area contributed by atoms with Gasteiger partial charge in [0.05, 0.1) is 12.8 Å². The van der Waals surface area contributed by atoms with Gasteiger partial charge < -0.3 is 9.47 Å². The first-order valence-corrected chi connectivity index (χ1v) is 5.67. The van der Waals surface area contributed by atoms with E-state index in [1.165, 1.54) is 0 Å². The quantitative estimate of drug-likeness (QED) is 0.888. The maximum atomic E-state index is 11.7. The van der Waals surface area contributed by atoms with E-state index >= 15 is 0 Å². The Bertz CT molecular complexity index is 447. The summed E-state index contributed by atoms with van der Waals surface area (Å²) in [4.78, 5) is 11.7. The van der Waals surface area contributed by atoms with E-state index in [1.807, 2.05) is 20.8 Å². The fraction of sp³-hybridized carbons (Fsp3) is 0.357. The van der Waals surface area contributed by atoms with Gasteiger partial charge in [0, 0.05) is 5.56 Å². The second-order valence-corrected chi connectivity index (χ2v) is 4.75. The van der Waals surface area contributed by atoms with Crippen LogP contribution in [0.5, 0.6) is 5.75 Å². The highest BCUT2D eigenvalue weighted by atomic mass is 16.6. The molecule has 0 aliphatic heterocycles. The van der Waals surface area contributed by atoms with Crippen molar-refractivity contribution in [3.63, 3.8) is 0 Å². The molecule has 1 aromatic carbocycles. The van der Waals surface area contributed by atoms with Gasteiger partial charge >= 0.3 is 6.09 Å². The van der Waals surface area contributed by atoms with E-state index in [0.29, 0.717) is 11.4 Å². The highest BCUT2D eigenvalue weighted by molar-refractivity contribution is 5.89. The molecule has 0 fully saturated rings. The van der Waals surface area contributed by atoms with Crippen LogP contribution >= 0.6 is 0 Å². The molecule has 1 N–H and O–H groups in total. The van der Waals surface area contributed by atoms with Crippen molar-refractivity contribution in [2.75, 3.05) is 12.4 Å². The van der Waals surface area contributed by atoms with Crippen molar-refractivity contribution in [1.29, 1.82) is 0 Å².